The van der Waals surface area contributed by atoms with E-state index < -0.39 is 5.41 Å². The van der Waals surface area contributed by atoms with Crippen molar-refractivity contribution in [3.63, 3.8) is 0 Å². The molecule has 1 heterocycles. The van der Waals surface area contributed by atoms with Gasteiger partial charge in [0.05, 0.1) is 17.2 Å². The molecule has 1 unspecified atom stereocenters. The predicted molar refractivity (Wildman–Crippen MR) is 80.1 cm³/mol. The Balaban J connectivity index is 1.87. The summed E-state index contributed by atoms with van der Waals surface area (Å²) in [5, 5.41) is 4.47. The number of thioether (sulfide) groups is 1. The zero-order chi connectivity index (χ0) is 13.9. The summed E-state index contributed by atoms with van der Waals surface area (Å²) in [5.41, 5.74) is 6.07. The molecule has 0 saturated carbocycles. The van der Waals surface area contributed by atoms with E-state index in [4.69, 9.17) is 5.73 Å². The predicted octanol–water partition coefficient (Wildman–Crippen LogP) is 1.93. The van der Waals surface area contributed by atoms with Gasteiger partial charge in [0.2, 0.25) is 5.91 Å². The second-order valence-corrected chi connectivity index (χ2v) is 6.46. The van der Waals surface area contributed by atoms with E-state index in [1.165, 1.54) is 5.56 Å². The van der Waals surface area contributed by atoms with Crippen LogP contribution in [0.4, 0.5) is 0 Å². The number of benzene rings is 1. The van der Waals surface area contributed by atoms with Gasteiger partial charge in [0.1, 0.15) is 0 Å². The Morgan fingerprint density at radius 2 is 2.16 bits per heavy atom. The highest BCUT2D eigenvalue weighted by molar-refractivity contribution is 8.14. The third kappa shape index (κ3) is 3.50. The number of nitrogens with one attached hydrogen (secondary N) is 1. The molecule has 0 aliphatic carbocycles. The van der Waals surface area contributed by atoms with Gasteiger partial charge in [0.25, 0.3) is 0 Å². The average Bonchev–Trinajstić information content (AvgIpc) is 2.86. The van der Waals surface area contributed by atoms with Crippen molar-refractivity contribution in [2.45, 2.75) is 19.1 Å². The van der Waals surface area contributed by atoms with Crippen molar-refractivity contribution in [3.8, 4) is 0 Å². The van der Waals surface area contributed by atoms with Gasteiger partial charge in [-0.25, -0.2) is 0 Å². The fourth-order valence-corrected chi connectivity index (χ4v) is 2.71. The van der Waals surface area contributed by atoms with Crippen molar-refractivity contribution in [2.75, 3.05) is 13.1 Å². The molecule has 2 rings (SSSR count). The molecule has 0 saturated heterocycles. The van der Waals surface area contributed by atoms with E-state index in [1.54, 1.807) is 11.8 Å². The number of hydrogen-bond donors (Lipinski definition) is 2. The molecule has 4 nitrogen and oxygen atoms in total. The molecular formula is C14H19N3OS. The first-order chi connectivity index (χ1) is 8.99. The molecule has 0 fully saturated rings. The van der Waals surface area contributed by atoms with Crippen LogP contribution in [0.2, 0.25) is 0 Å². The maximum atomic E-state index is 11.2. The first-order valence-electron chi connectivity index (χ1n) is 6.29. The maximum Gasteiger partial charge on any atom is 0.224 e. The number of nitrogens with two attached hydrogens (primary N) is 1. The molecule has 1 aromatic carbocycles. The number of carbonyl (C=O) groups excluding carboxylic acids is 1. The summed E-state index contributed by atoms with van der Waals surface area (Å²) < 4.78 is 0. The summed E-state index contributed by atoms with van der Waals surface area (Å²) in [7, 11) is 0. The lowest BCUT2D eigenvalue weighted by Gasteiger charge is -2.21. The second-order valence-electron chi connectivity index (χ2n) is 5.26. The third-order valence-electron chi connectivity index (χ3n) is 3.17. The fourth-order valence-electron chi connectivity index (χ4n) is 1.70. The van der Waals surface area contributed by atoms with Crippen LogP contribution in [0, 0.1) is 5.41 Å². The molecule has 102 valence electrons. The van der Waals surface area contributed by atoms with Gasteiger partial charge >= 0.3 is 0 Å². The molecule has 1 amide bonds. The fraction of sp³-hybridized carbons (Fsp3) is 0.429. The Labute approximate surface area is 117 Å². The molecule has 1 atom stereocenters. The number of hydrogen-bond acceptors (Lipinski definition) is 4. The topological polar surface area (TPSA) is 67.5 Å². The van der Waals surface area contributed by atoms with Crippen molar-refractivity contribution >= 4 is 22.8 Å². The van der Waals surface area contributed by atoms with E-state index in [0.29, 0.717) is 11.8 Å². The van der Waals surface area contributed by atoms with Gasteiger partial charge in [0.15, 0.2) is 5.17 Å². The number of primary amides is 1. The highest BCUT2D eigenvalue weighted by Gasteiger charge is 2.27. The van der Waals surface area contributed by atoms with Gasteiger partial charge in [-0.2, -0.15) is 0 Å². The van der Waals surface area contributed by atoms with Crippen molar-refractivity contribution in [1.82, 2.24) is 5.32 Å². The molecule has 1 aliphatic heterocycles. The first-order valence-corrected chi connectivity index (χ1v) is 7.17. The summed E-state index contributed by atoms with van der Waals surface area (Å²) in [6.07, 6.45) is 0. The van der Waals surface area contributed by atoms with Crippen LogP contribution in [0.5, 0.6) is 0 Å². The van der Waals surface area contributed by atoms with Crippen LogP contribution in [0.3, 0.4) is 0 Å². The van der Waals surface area contributed by atoms with E-state index in [2.05, 4.69) is 22.4 Å². The Bertz CT molecular complexity index is 485. The van der Waals surface area contributed by atoms with Gasteiger partial charge in [-0.1, -0.05) is 42.1 Å². The van der Waals surface area contributed by atoms with Gasteiger partial charge in [-0.15, -0.1) is 0 Å². The minimum atomic E-state index is -0.562. The largest absolute Gasteiger partial charge is 0.369 e. The van der Waals surface area contributed by atoms with Crippen LogP contribution < -0.4 is 11.1 Å². The summed E-state index contributed by atoms with van der Waals surface area (Å²) in [6.45, 7) is 4.94. The molecule has 19 heavy (non-hydrogen) atoms. The lowest BCUT2D eigenvalue weighted by Crippen LogP contribution is -2.41. The van der Waals surface area contributed by atoms with Crippen molar-refractivity contribution in [1.29, 1.82) is 0 Å². The van der Waals surface area contributed by atoms with E-state index in [9.17, 15) is 4.79 Å². The van der Waals surface area contributed by atoms with E-state index in [1.807, 2.05) is 32.0 Å². The van der Waals surface area contributed by atoms with Gasteiger partial charge in [-0.05, 0) is 19.4 Å². The molecule has 0 spiro atoms. The molecule has 0 aromatic heterocycles. The van der Waals surface area contributed by atoms with Crippen LogP contribution in [0.25, 0.3) is 0 Å². The quantitative estimate of drug-likeness (QED) is 0.883. The van der Waals surface area contributed by atoms with Crippen molar-refractivity contribution in [2.24, 2.45) is 16.1 Å². The van der Waals surface area contributed by atoms with Crippen LogP contribution in [0.15, 0.2) is 35.3 Å². The van der Waals surface area contributed by atoms with Gasteiger partial charge in [-0.3, -0.25) is 9.79 Å². The van der Waals surface area contributed by atoms with Crippen LogP contribution in [-0.4, -0.2) is 24.2 Å². The van der Waals surface area contributed by atoms with Gasteiger partial charge in [0, 0.05) is 6.54 Å². The minimum Gasteiger partial charge on any atom is -0.369 e. The normalized spacial score (nSPS) is 19.1. The number of amidine groups is 1. The average molecular weight is 277 g/mol. The summed E-state index contributed by atoms with van der Waals surface area (Å²) in [4.78, 5) is 15.7. The highest BCUT2D eigenvalue weighted by Crippen LogP contribution is 2.34. The minimum absolute atomic E-state index is 0.303. The maximum absolute atomic E-state index is 11.2. The number of aliphatic imine (C=N–C) groups is 1. The summed E-state index contributed by atoms with van der Waals surface area (Å²) >= 11 is 1.70. The Hall–Kier alpha value is -1.49. The zero-order valence-corrected chi connectivity index (χ0v) is 12.0. The molecule has 5 heteroatoms. The molecular weight excluding hydrogens is 258 g/mol. The highest BCUT2D eigenvalue weighted by atomic mass is 32.2. The standard InChI is InChI=1S/C14H19N3OS/c1-14(2,12(15)18)9-17-13-16-8-11(19-13)10-6-4-3-5-7-10/h3-7,11H,8-9H2,1-2H3,(H2,15,18)(H,16,17). The van der Waals surface area contributed by atoms with Crippen molar-refractivity contribution in [3.05, 3.63) is 35.9 Å². The molecule has 1 aliphatic rings. The SMILES string of the molecule is CC(C)(CNC1=NCC(c2ccccc2)S1)C(N)=O. The Morgan fingerprint density at radius 1 is 1.47 bits per heavy atom. The molecule has 3 N–H and O–H groups in total. The monoisotopic (exact) mass is 277 g/mol. The number of carbonyl (C=O) groups is 1. The van der Waals surface area contributed by atoms with E-state index in [0.717, 1.165) is 11.7 Å². The van der Waals surface area contributed by atoms with Crippen molar-refractivity contribution < 1.29 is 4.79 Å². The van der Waals surface area contributed by atoms with E-state index >= 15 is 0 Å². The third-order valence-corrected chi connectivity index (χ3v) is 4.38. The number of rotatable bonds is 4. The zero-order valence-electron chi connectivity index (χ0n) is 11.2. The molecule has 1 aromatic rings. The number of nitrogens with zero attached hydrogens (tertiary/aromatic N) is 1. The first kappa shape index (κ1) is 13.9. The van der Waals surface area contributed by atoms with Crippen LogP contribution in [0.1, 0.15) is 24.7 Å². The lowest BCUT2D eigenvalue weighted by molar-refractivity contribution is -0.125. The lowest BCUT2D eigenvalue weighted by atomic mass is 9.93. The summed E-state index contributed by atoms with van der Waals surface area (Å²) in [6, 6.07) is 10.3. The number of amides is 1. The molecule has 0 bridgehead atoms. The van der Waals surface area contributed by atoms with Crippen LogP contribution >= 0.6 is 11.8 Å². The van der Waals surface area contributed by atoms with Gasteiger partial charge < -0.3 is 11.1 Å². The second kappa shape index (κ2) is 5.65. The summed E-state index contributed by atoms with van der Waals surface area (Å²) in [5.74, 6) is -0.303. The van der Waals surface area contributed by atoms with E-state index in [-0.39, 0.29) is 5.91 Å². The van der Waals surface area contributed by atoms with Crippen LogP contribution in [-0.2, 0) is 4.79 Å². The Kier molecular flexibility index (Phi) is 4.14. The smallest absolute Gasteiger partial charge is 0.224 e. The Morgan fingerprint density at radius 3 is 2.79 bits per heavy atom. The molecule has 0 radical (unpaired) electrons.